The van der Waals surface area contributed by atoms with Crippen molar-refractivity contribution >= 4 is 34.2 Å². The summed E-state index contributed by atoms with van der Waals surface area (Å²) in [6, 6.07) is 9.22. The minimum absolute atomic E-state index is 0.233. The number of imidazole rings is 1. The second-order valence-electron chi connectivity index (χ2n) is 8.73. The monoisotopic (exact) mass is 485 g/mol. The molecule has 3 N–H and O–H groups in total. The molecule has 0 bridgehead atoms. The predicted molar refractivity (Wildman–Crippen MR) is 142 cm³/mol. The Hall–Kier alpha value is -4.04. The maximum Gasteiger partial charge on any atom is 0.258 e. The Kier molecular flexibility index (Phi) is 7.45. The molecule has 0 spiro atoms. The SMILES string of the molecule is CCc1cncc(CC)c1C(=O)Nc1cc(C(=O)Nc2cccc(C)c2C)c2nc(COC)[nH]c2c1. The van der Waals surface area contributed by atoms with Crippen molar-refractivity contribution in [2.24, 2.45) is 0 Å². The summed E-state index contributed by atoms with van der Waals surface area (Å²) in [6.45, 7) is 8.23. The fourth-order valence-electron chi connectivity index (χ4n) is 4.27. The number of anilines is 2. The van der Waals surface area contributed by atoms with Crippen molar-refractivity contribution < 1.29 is 14.3 Å². The number of nitrogens with one attached hydrogen (secondary N) is 3. The molecule has 0 fully saturated rings. The second kappa shape index (κ2) is 10.7. The van der Waals surface area contributed by atoms with Gasteiger partial charge in [0.15, 0.2) is 0 Å². The first kappa shape index (κ1) is 25.1. The molecule has 36 heavy (non-hydrogen) atoms. The molecule has 2 amide bonds. The van der Waals surface area contributed by atoms with Gasteiger partial charge in [0, 0.05) is 36.4 Å². The van der Waals surface area contributed by atoms with Crippen LogP contribution in [0, 0.1) is 13.8 Å². The molecule has 0 unspecified atom stereocenters. The molecule has 0 atom stereocenters. The summed E-state index contributed by atoms with van der Waals surface area (Å²) < 4.78 is 5.22. The van der Waals surface area contributed by atoms with E-state index in [-0.39, 0.29) is 18.4 Å². The molecule has 4 aromatic rings. The van der Waals surface area contributed by atoms with Crippen LogP contribution in [0.5, 0.6) is 0 Å². The van der Waals surface area contributed by atoms with Crippen LogP contribution in [-0.2, 0) is 24.2 Å². The lowest BCUT2D eigenvalue weighted by Gasteiger charge is -2.14. The summed E-state index contributed by atoms with van der Waals surface area (Å²) in [5.74, 6) is 0.0445. The standard InChI is InChI=1S/C28H31N5O3/c1-6-18-13-29-14-19(7-2)25(18)28(35)30-20-11-21(26-23(12-20)31-24(33-26)15-36-5)27(34)32-22-10-8-9-16(3)17(22)4/h8-14H,6-7,15H2,1-5H3,(H,30,35)(H,31,33)(H,32,34). The van der Waals surface area contributed by atoms with E-state index >= 15 is 0 Å². The Morgan fingerprint density at radius 3 is 2.39 bits per heavy atom. The predicted octanol–water partition coefficient (Wildman–Crippen LogP) is 5.35. The lowest BCUT2D eigenvalue weighted by Crippen LogP contribution is -2.18. The van der Waals surface area contributed by atoms with E-state index in [9.17, 15) is 9.59 Å². The van der Waals surface area contributed by atoms with Crippen LogP contribution in [0.25, 0.3) is 11.0 Å². The molecule has 0 saturated carbocycles. The number of hydrogen-bond acceptors (Lipinski definition) is 5. The van der Waals surface area contributed by atoms with E-state index in [2.05, 4.69) is 25.6 Å². The van der Waals surface area contributed by atoms with Gasteiger partial charge in [0.05, 0.1) is 11.1 Å². The zero-order valence-electron chi connectivity index (χ0n) is 21.3. The number of hydrogen-bond donors (Lipinski definition) is 3. The van der Waals surface area contributed by atoms with Crippen molar-refractivity contribution in [3.63, 3.8) is 0 Å². The molecule has 0 radical (unpaired) electrons. The van der Waals surface area contributed by atoms with Crippen LogP contribution >= 0.6 is 0 Å². The van der Waals surface area contributed by atoms with E-state index in [0.717, 1.165) is 27.9 Å². The Morgan fingerprint density at radius 1 is 1.00 bits per heavy atom. The van der Waals surface area contributed by atoms with Crippen molar-refractivity contribution in [3.05, 3.63) is 81.9 Å². The zero-order chi connectivity index (χ0) is 25.8. The van der Waals surface area contributed by atoms with E-state index in [1.165, 1.54) is 0 Å². The number of methoxy groups -OCH3 is 1. The number of nitrogens with zero attached hydrogens (tertiary/aromatic N) is 2. The molecule has 186 valence electrons. The lowest BCUT2D eigenvalue weighted by molar-refractivity contribution is 0.101. The molecule has 2 heterocycles. The number of carbonyl (C=O) groups excluding carboxylic acids is 2. The lowest BCUT2D eigenvalue weighted by atomic mass is 10.00. The average Bonchev–Trinajstić information content (AvgIpc) is 3.28. The largest absolute Gasteiger partial charge is 0.377 e. The number of benzene rings is 2. The van der Waals surface area contributed by atoms with Gasteiger partial charge in [0.1, 0.15) is 17.9 Å². The second-order valence-corrected chi connectivity index (χ2v) is 8.73. The number of pyridine rings is 1. The number of aryl methyl sites for hydroxylation is 3. The van der Waals surface area contributed by atoms with Gasteiger partial charge in [-0.25, -0.2) is 4.98 Å². The summed E-state index contributed by atoms with van der Waals surface area (Å²) in [6.07, 6.45) is 4.83. The van der Waals surface area contributed by atoms with Crippen LogP contribution in [-0.4, -0.2) is 33.9 Å². The third kappa shape index (κ3) is 4.99. The van der Waals surface area contributed by atoms with Crippen LogP contribution in [0.2, 0.25) is 0 Å². The Balaban J connectivity index is 1.75. The third-order valence-electron chi connectivity index (χ3n) is 6.36. The van der Waals surface area contributed by atoms with Crippen molar-refractivity contribution in [1.29, 1.82) is 0 Å². The van der Waals surface area contributed by atoms with Crippen molar-refractivity contribution in [3.8, 4) is 0 Å². The fraction of sp³-hybridized carbons (Fsp3) is 0.286. The van der Waals surface area contributed by atoms with Crippen molar-refractivity contribution in [2.45, 2.75) is 47.1 Å². The maximum absolute atomic E-state index is 13.5. The molecule has 8 nitrogen and oxygen atoms in total. The van der Waals surface area contributed by atoms with Crippen LogP contribution in [0.15, 0.2) is 42.7 Å². The highest BCUT2D eigenvalue weighted by molar-refractivity contribution is 6.14. The van der Waals surface area contributed by atoms with Gasteiger partial charge >= 0.3 is 0 Å². The number of rotatable bonds is 8. The first-order valence-corrected chi connectivity index (χ1v) is 12.0. The Labute approximate surface area is 210 Å². The molecule has 0 saturated heterocycles. The molecule has 0 aliphatic carbocycles. The fourth-order valence-corrected chi connectivity index (χ4v) is 4.27. The van der Waals surface area contributed by atoms with Gasteiger partial charge in [-0.05, 0) is 67.1 Å². The molecule has 2 aromatic carbocycles. The van der Waals surface area contributed by atoms with Gasteiger partial charge in [0.25, 0.3) is 11.8 Å². The molecular formula is C28H31N5O3. The van der Waals surface area contributed by atoms with Gasteiger partial charge in [-0.1, -0.05) is 26.0 Å². The molecule has 0 aliphatic heterocycles. The van der Waals surface area contributed by atoms with E-state index in [0.29, 0.717) is 46.5 Å². The first-order chi connectivity index (χ1) is 17.4. The van der Waals surface area contributed by atoms with Crippen LogP contribution in [0.4, 0.5) is 11.4 Å². The normalized spacial score (nSPS) is 11.0. The van der Waals surface area contributed by atoms with Crippen LogP contribution in [0.3, 0.4) is 0 Å². The number of aromatic nitrogens is 3. The summed E-state index contributed by atoms with van der Waals surface area (Å²) in [7, 11) is 1.58. The summed E-state index contributed by atoms with van der Waals surface area (Å²) in [5.41, 5.74) is 7.17. The Bertz CT molecular complexity index is 1420. The van der Waals surface area contributed by atoms with Crippen LogP contribution in [0.1, 0.15) is 62.6 Å². The molecule has 2 aromatic heterocycles. The van der Waals surface area contributed by atoms with Gasteiger partial charge in [-0.2, -0.15) is 0 Å². The highest BCUT2D eigenvalue weighted by atomic mass is 16.5. The quantitative estimate of drug-likeness (QED) is 0.312. The zero-order valence-corrected chi connectivity index (χ0v) is 21.3. The number of carbonyl (C=O) groups is 2. The number of H-pyrrole nitrogens is 1. The minimum atomic E-state index is -0.312. The molecule has 4 rings (SSSR count). The minimum Gasteiger partial charge on any atom is -0.377 e. The van der Waals surface area contributed by atoms with Crippen molar-refractivity contribution in [2.75, 3.05) is 17.7 Å². The molecule has 8 heteroatoms. The number of fused-ring (bicyclic) bond motifs is 1. The smallest absolute Gasteiger partial charge is 0.258 e. The highest BCUT2D eigenvalue weighted by Gasteiger charge is 2.20. The number of aromatic amines is 1. The molecular weight excluding hydrogens is 454 g/mol. The Morgan fingerprint density at radius 2 is 1.72 bits per heavy atom. The first-order valence-electron chi connectivity index (χ1n) is 12.0. The summed E-state index contributed by atoms with van der Waals surface area (Å²) in [4.78, 5) is 38.9. The number of ether oxygens (including phenoxy) is 1. The van der Waals surface area contributed by atoms with E-state index < -0.39 is 0 Å². The maximum atomic E-state index is 13.5. The van der Waals surface area contributed by atoms with Gasteiger partial charge in [-0.15, -0.1) is 0 Å². The average molecular weight is 486 g/mol. The van der Waals surface area contributed by atoms with Crippen molar-refractivity contribution in [1.82, 2.24) is 15.0 Å². The van der Waals surface area contributed by atoms with Gasteiger partial charge < -0.3 is 20.4 Å². The van der Waals surface area contributed by atoms with Crippen LogP contribution < -0.4 is 10.6 Å². The third-order valence-corrected chi connectivity index (χ3v) is 6.36. The van der Waals surface area contributed by atoms with E-state index in [1.807, 2.05) is 45.9 Å². The number of amides is 2. The summed E-state index contributed by atoms with van der Waals surface area (Å²) >= 11 is 0. The van der Waals surface area contributed by atoms with Gasteiger partial charge in [0.2, 0.25) is 0 Å². The topological polar surface area (TPSA) is 109 Å². The van der Waals surface area contributed by atoms with E-state index in [4.69, 9.17) is 4.74 Å². The van der Waals surface area contributed by atoms with E-state index in [1.54, 1.807) is 31.6 Å². The highest BCUT2D eigenvalue weighted by Crippen LogP contribution is 2.26. The summed E-state index contributed by atoms with van der Waals surface area (Å²) in [5, 5.41) is 6.00. The van der Waals surface area contributed by atoms with Gasteiger partial charge in [-0.3, -0.25) is 14.6 Å². The molecule has 0 aliphatic rings.